The molecule has 7 nitrogen and oxygen atoms in total. The standard InChI is InChI=1S/C22H24N2O5/c1-28-22(27)13-11-19-9-8-18(29-19)10-12-20(25)23-15-16-4-6-17(7-5-16)24-14-2-3-21(24)26/h4-10,12H,2-3,11,13-15H2,1H3,(H,23,25)/b12-10+. The number of methoxy groups -OCH3 is 1. The number of anilines is 1. The van der Waals surface area contributed by atoms with Crippen LogP contribution in [0, 0.1) is 0 Å². The molecule has 1 N–H and O–H groups in total. The molecule has 1 aromatic carbocycles. The van der Waals surface area contributed by atoms with Crippen molar-refractivity contribution in [3.63, 3.8) is 0 Å². The van der Waals surface area contributed by atoms with Crippen LogP contribution in [0.1, 0.15) is 36.3 Å². The molecule has 3 rings (SSSR count). The van der Waals surface area contributed by atoms with Gasteiger partial charge in [0.15, 0.2) is 0 Å². The van der Waals surface area contributed by atoms with Crippen LogP contribution in [0.5, 0.6) is 0 Å². The lowest BCUT2D eigenvalue weighted by atomic mass is 10.2. The second-order valence-corrected chi connectivity index (χ2v) is 6.75. The van der Waals surface area contributed by atoms with Gasteiger partial charge in [0.25, 0.3) is 0 Å². The first-order valence-corrected chi connectivity index (χ1v) is 9.56. The van der Waals surface area contributed by atoms with Crippen molar-refractivity contribution in [2.24, 2.45) is 0 Å². The van der Waals surface area contributed by atoms with E-state index in [1.807, 2.05) is 24.3 Å². The van der Waals surface area contributed by atoms with Crippen molar-refractivity contribution in [3.8, 4) is 0 Å². The molecule has 7 heteroatoms. The molecule has 0 saturated carbocycles. The molecule has 1 fully saturated rings. The normalized spacial score (nSPS) is 13.8. The maximum absolute atomic E-state index is 12.0. The van der Waals surface area contributed by atoms with E-state index in [0.29, 0.717) is 30.9 Å². The molecule has 0 aliphatic carbocycles. The van der Waals surface area contributed by atoms with Crippen molar-refractivity contribution >= 4 is 29.5 Å². The number of nitrogens with one attached hydrogen (secondary N) is 1. The van der Waals surface area contributed by atoms with Crippen LogP contribution in [-0.4, -0.2) is 31.4 Å². The van der Waals surface area contributed by atoms with Crippen molar-refractivity contribution in [2.45, 2.75) is 32.2 Å². The first kappa shape index (κ1) is 20.4. The first-order valence-electron chi connectivity index (χ1n) is 9.56. The predicted octanol–water partition coefficient (Wildman–Crippen LogP) is 2.84. The number of rotatable bonds is 8. The van der Waals surface area contributed by atoms with Gasteiger partial charge in [-0.05, 0) is 42.3 Å². The third-order valence-electron chi connectivity index (χ3n) is 4.67. The maximum Gasteiger partial charge on any atom is 0.305 e. The van der Waals surface area contributed by atoms with Gasteiger partial charge in [-0.2, -0.15) is 0 Å². The molecule has 2 heterocycles. The highest BCUT2D eigenvalue weighted by Crippen LogP contribution is 2.21. The smallest absolute Gasteiger partial charge is 0.305 e. The van der Waals surface area contributed by atoms with Crippen molar-refractivity contribution in [1.29, 1.82) is 0 Å². The molecule has 1 aromatic heterocycles. The number of nitrogens with zero attached hydrogens (tertiary/aromatic N) is 1. The number of furan rings is 1. The second kappa shape index (κ2) is 9.73. The molecule has 0 atom stereocenters. The Bertz CT molecular complexity index is 898. The van der Waals surface area contributed by atoms with E-state index in [4.69, 9.17) is 4.42 Å². The Balaban J connectivity index is 1.45. The fraction of sp³-hybridized carbons (Fsp3) is 0.318. The summed E-state index contributed by atoms with van der Waals surface area (Å²) >= 11 is 0. The molecule has 0 bridgehead atoms. The van der Waals surface area contributed by atoms with Crippen LogP contribution >= 0.6 is 0 Å². The zero-order valence-corrected chi connectivity index (χ0v) is 16.3. The van der Waals surface area contributed by atoms with Gasteiger partial charge in [0.1, 0.15) is 11.5 Å². The van der Waals surface area contributed by atoms with Gasteiger partial charge in [-0.1, -0.05) is 12.1 Å². The van der Waals surface area contributed by atoms with Gasteiger partial charge >= 0.3 is 5.97 Å². The van der Waals surface area contributed by atoms with Gasteiger partial charge in [0.2, 0.25) is 11.8 Å². The molecule has 0 spiro atoms. The molecular formula is C22H24N2O5. The Morgan fingerprint density at radius 1 is 1.21 bits per heavy atom. The highest BCUT2D eigenvalue weighted by atomic mass is 16.5. The van der Waals surface area contributed by atoms with Crippen LogP contribution in [0.2, 0.25) is 0 Å². The summed E-state index contributed by atoms with van der Waals surface area (Å²) < 4.78 is 10.1. The lowest BCUT2D eigenvalue weighted by Crippen LogP contribution is -2.23. The van der Waals surface area contributed by atoms with Crippen molar-refractivity contribution in [3.05, 3.63) is 59.6 Å². The minimum absolute atomic E-state index is 0.155. The number of hydrogen-bond acceptors (Lipinski definition) is 5. The Morgan fingerprint density at radius 3 is 2.69 bits per heavy atom. The number of carbonyl (C=O) groups is 3. The zero-order chi connectivity index (χ0) is 20.6. The van der Waals surface area contributed by atoms with Crippen molar-refractivity contribution in [1.82, 2.24) is 5.32 Å². The Kier molecular flexibility index (Phi) is 6.84. The summed E-state index contributed by atoms with van der Waals surface area (Å²) in [6, 6.07) is 11.1. The maximum atomic E-state index is 12.0. The van der Waals surface area contributed by atoms with E-state index < -0.39 is 0 Å². The van der Waals surface area contributed by atoms with Crippen LogP contribution in [0.25, 0.3) is 6.08 Å². The summed E-state index contributed by atoms with van der Waals surface area (Å²) in [5, 5.41) is 2.81. The average molecular weight is 396 g/mol. The van der Waals surface area contributed by atoms with Gasteiger partial charge in [0.05, 0.1) is 13.5 Å². The predicted molar refractivity (Wildman–Crippen MR) is 108 cm³/mol. The second-order valence-electron chi connectivity index (χ2n) is 6.75. The fourth-order valence-corrected chi connectivity index (χ4v) is 3.07. The summed E-state index contributed by atoms with van der Waals surface area (Å²) in [5.41, 5.74) is 1.84. The molecule has 1 aliphatic rings. The monoisotopic (exact) mass is 396 g/mol. The molecule has 2 aromatic rings. The van der Waals surface area contributed by atoms with Gasteiger partial charge in [-0.25, -0.2) is 0 Å². The number of benzene rings is 1. The molecule has 0 unspecified atom stereocenters. The Labute approximate surface area is 169 Å². The minimum atomic E-state index is -0.294. The minimum Gasteiger partial charge on any atom is -0.469 e. The highest BCUT2D eigenvalue weighted by Gasteiger charge is 2.21. The summed E-state index contributed by atoms with van der Waals surface area (Å²) in [4.78, 5) is 36.7. The van der Waals surface area contributed by atoms with Gasteiger partial charge in [-0.15, -0.1) is 0 Å². The molecular weight excluding hydrogens is 372 g/mol. The Hall–Kier alpha value is -3.35. The zero-order valence-electron chi connectivity index (χ0n) is 16.3. The number of hydrogen-bond donors (Lipinski definition) is 1. The van der Waals surface area contributed by atoms with Gasteiger partial charge < -0.3 is 19.4 Å². The number of esters is 1. The largest absolute Gasteiger partial charge is 0.469 e. The lowest BCUT2D eigenvalue weighted by molar-refractivity contribution is -0.140. The number of ether oxygens (including phenoxy) is 1. The molecule has 1 aliphatic heterocycles. The van der Waals surface area contributed by atoms with Crippen LogP contribution in [-0.2, 0) is 32.1 Å². The summed E-state index contributed by atoms with van der Waals surface area (Å²) in [6.07, 6.45) is 5.18. The lowest BCUT2D eigenvalue weighted by Gasteiger charge is -2.15. The van der Waals surface area contributed by atoms with E-state index in [1.54, 1.807) is 23.1 Å². The topological polar surface area (TPSA) is 88.9 Å². The van der Waals surface area contributed by atoms with Crippen molar-refractivity contribution in [2.75, 3.05) is 18.6 Å². The van der Waals surface area contributed by atoms with E-state index in [0.717, 1.165) is 24.2 Å². The fourth-order valence-electron chi connectivity index (χ4n) is 3.07. The first-order chi connectivity index (χ1) is 14.0. The van der Waals surface area contributed by atoms with Crippen LogP contribution in [0.4, 0.5) is 5.69 Å². The average Bonchev–Trinajstić information content (AvgIpc) is 3.38. The summed E-state index contributed by atoms with van der Waals surface area (Å²) in [6.45, 7) is 1.15. The van der Waals surface area contributed by atoms with E-state index >= 15 is 0 Å². The molecule has 1 saturated heterocycles. The van der Waals surface area contributed by atoms with Gasteiger partial charge in [-0.3, -0.25) is 14.4 Å². The highest BCUT2D eigenvalue weighted by molar-refractivity contribution is 5.95. The van der Waals surface area contributed by atoms with E-state index in [2.05, 4.69) is 10.1 Å². The molecule has 2 amide bonds. The molecule has 29 heavy (non-hydrogen) atoms. The van der Waals surface area contributed by atoms with Crippen LogP contribution < -0.4 is 10.2 Å². The summed E-state index contributed by atoms with van der Waals surface area (Å²) in [7, 11) is 1.35. The SMILES string of the molecule is COC(=O)CCc1ccc(/C=C/C(=O)NCc2ccc(N3CCCC3=O)cc2)o1. The van der Waals surface area contributed by atoms with Gasteiger partial charge in [0, 0.05) is 37.7 Å². The van der Waals surface area contributed by atoms with Crippen molar-refractivity contribution < 1.29 is 23.5 Å². The summed E-state index contributed by atoms with van der Waals surface area (Å²) in [5.74, 6) is 0.823. The van der Waals surface area contributed by atoms with E-state index in [1.165, 1.54) is 13.2 Å². The van der Waals surface area contributed by atoms with Crippen LogP contribution in [0.15, 0.2) is 46.9 Å². The van der Waals surface area contributed by atoms with Crippen LogP contribution in [0.3, 0.4) is 0 Å². The quantitative estimate of drug-likeness (QED) is 0.547. The van der Waals surface area contributed by atoms with E-state index in [-0.39, 0.29) is 24.2 Å². The third kappa shape index (κ3) is 5.81. The number of aryl methyl sites for hydroxylation is 1. The third-order valence-corrected chi connectivity index (χ3v) is 4.67. The molecule has 152 valence electrons. The number of amides is 2. The molecule has 0 radical (unpaired) electrons. The Morgan fingerprint density at radius 2 is 2.00 bits per heavy atom. The number of carbonyl (C=O) groups excluding carboxylic acids is 3. The van der Waals surface area contributed by atoms with E-state index in [9.17, 15) is 14.4 Å².